The van der Waals surface area contributed by atoms with Crippen molar-refractivity contribution in [3.63, 3.8) is 0 Å². The molecule has 0 radical (unpaired) electrons. The molecule has 0 saturated carbocycles. The van der Waals surface area contributed by atoms with Crippen LogP contribution in [0.25, 0.3) is 44.2 Å². The lowest BCUT2D eigenvalue weighted by molar-refractivity contribution is 1.18. The molecule has 8 nitrogen and oxygen atoms in total. The van der Waals surface area contributed by atoms with Crippen molar-refractivity contribution in [1.29, 1.82) is 0 Å². The molecule has 0 amide bonds. The summed E-state index contributed by atoms with van der Waals surface area (Å²) in [6.07, 6.45) is 0. The Labute approximate surface area is 766 Å². The third-order valence-corrected chi connectivity index (χ3v) is 23.2. The molecule has 0 saturated heterocycles. The van der Waals surface area contributed by atoms with Crippen molar-refractivity contribution in [3.05, 3.63) is 546 Å². The quantitative estimate of drug-likeness (QED) is 0.0625. The minimum absolute atomic E-state index is 1.13. The highest BCUT2D eigenvalue weighted by atomic mass is 15.2. The van der Waals surface area contributed by atoms with Crippen molar-refractivity contribution < 1.29 is 0 Å². The maximum Gasteiger partial charge on any atom is 0.0698 e. The first-order valence-corrected chi connectivity index (χ1v) is 44.1. The zero-order valence-corrected chi connectivity index (χ0v) is 73.5. The predicted octanol–water partition coefficient (Wildman–Crippen LogP) is 33.9. The number of anilines is 20. The van der Waals surface area contributed by atoms with Gasteiger partial charge in [-0.05, 0) is 227 Å². The fraction of sp³-hybridized carbons (Fsp3) is 0.0328. The van der Waals surface area contributed by atoms with Crippen LogP contribution in [0.1, 0.15) is 0 Å². The van der Waals surface area contributed by atoms with E-state index in [1.807, 2.05) is 6.07 Å². The molecule has 0 aliphatic carbocycles. The van der Waals surface area contributed by atoms with Crippen molar-refractivity contribution in [2.45, 2.75) is 0 Å². The highest BCUT2D eigenvalue weighted by Crippen LogP contribution is 2.48. The molecule has 20 aromatic carbocycles. The van der Waals surface area contributed by atoms with Crippen molar-refractivity contribution in [1.82, 2.24) is 0 Å². The molecular weight excluding hydrogens is 1580 g/mol. The van der Waals surface area contributed by atoms with E-state index < -0.39 is 0 Å². The van der Waals surface area contributed by atoms with E-state index in [0.29, 0.717) is 0 Å². The number of fused-ring (bicyclic) bond motifs is 1. The minimum Gasteiger partial charge on any atom is -0.343 e. The van der Waals surface area contributed by atoms with Gasteiger partial charge in [0, 0.05) is 102 Å². The number of benzene rings is 20. The fourth-order valence-corrected chi connectivity index (χ4v) is 16.7. The summed E-state index contributed by atoms with van der Waals surface area (Å²) in [6, 6.07) is 191. The molecule has 0 atom stereocenters. The van der Waals surface area contributed by atoms with Crippen LogP contribution < -0.4 is 39.2 Å². The van der Waals surface area contributed by atoms with Crippen LogP contribution in [-0.2, 0) is 0 Å². The Hall–Kier alpha value is -16.9. The summed E-state index contributed by atoms with van der Waals surface area (Å²) in [4.78, 5) is 18.3. The average molecular weight is 1680 g/mol. The molecule has 130 heavy (non-hydrogen) atoms. The zero-order chi connectivity index (χ0) is 88.4. The highest BCUT2D eigenvalue weighted by Gasteiger charge is 2.25. The van der Waals surface area contributed by atoms with E-state index >= 15 is 0 Å². The van der Waals surface area contributed by atoms with Crippen molar-refractivity contribution in [3.8, 4) is 33.4 Å². The summed E-state index contributed by atoms with van der Waals surface area (Å²) >= 11 is 0. The lowest BCUT2D eigenvalue weighted by Crippen LogP contribution is -2.17. The van der Waals surface area contributed by atoms with E-state index in [2.05, 4.69) is 607 Å². The maximum absolute atomic E-state index is 2.32. The summed E-state index contributed by atoms with van der Waals surface area (Å²) in [6.45, 7) is 0. The van der Waals surface area contributed by atoms with Gasteiger partial charge in [-0.25, -0.2) is 0 Å². The van der Waals surface area contributed by atoms with Gasteiger partial charge in [0.1, 0.15) is 0 Å². The number of rotatable bonds is 23. The van der Waals surface area contributed by atoms with Gasteiger partial charge in [-0.15, -0.1) is 0 Å². The van der Waals surface area contributed by atoms with Crippen LogP contribution in [0.15, 0.2) is 546 Å². The molecule has 20 aromatic rings. The van der Waals surface area contributed by atoms with Gasteiger partial charge in [0.15, 0.2) is 0 Å². The lowest BCUT2D eigenvalue weighted by Gasteiger charge is -2.31. The van der Waals surface area contributed by atoms with Crippen LogP contribution >= 0.6 is 0 Å². The van der Waals surface area contributed by atoms with Gasteiger partial charge in [-0.1, -0.05) is 358 Å². The molecule has 0 fully saturated rings. The molecule has 8 heteroatoms. The third-order valence-electron chi connectivity index (χ3n) is 23.2. The van der Waals surface area contributed by atoms with Gasteiger partial charge in [-0.2, -0.15) is 0 Å². The fourth-order valence-electron chi connectivity index (χ4n) is 16.7. The van der Waals surface area contributed by atoms with Crippen LogP contribution in [0.2, 0.25) is 0 Å². The Morgan fingerprint density at radius 1 is 0.115 bits per heavy atom. The van der Waals surface area contributed by atoms with Crippen LogP contribution in [0.5, 0.6) is 0 Å². The summed E-state index contributed by atoms with van der Waals surface area (Å²) in [5, 5.41) is 2.50. The van der Waals surface area contributed by atoms with Crippen LogP contribution in [0.4, 0.5) is 114 Å². The SMILES string of the molecule is CN(c1ccc(-c2ccccc2)cc1)c1ccccc1N(c1ccccc1)c1ccccc1.CN(c1ccc2ccccc2c1)c1ccccc1N(c1ccccc1)c1ccccc1.CN(c1cccc(-c2ccccc2)c1)c1ccccc1N(c1ccccc1)c1ccccc1.CN(c1ccccc1-c1ccccc1)c1ccccc1N(c1ccccc1)c1ccccc1. The second kappa shape index (κ2) is 42.2. The molecule has 0 spiro atoms. The first kappa shape index (κ1) is 85.2. The largest absolute Gasteiger partial charge is 0.343 e. The number of para-hydroxylation sites is 17. The summed E-state index contributed by atoms with van der Waals surface area (Å²) in [5.41, 5.74) is 30.0. The van der Waals surface area contributed by atoms with Gasteiger partial charge < -0.3 is 39.2 Å². The Morgan fingerprint density at radius 3 is 0.669 bits per heavy atom. The van der Waals surface area contributed by atoms with Crippen LogP contribution in [0.3, 0.4) is 0 Å². The Bertz CT molecular complexity index is 6750. The molecule has 0 aliphatic heterocycles. The van der Waals surface area contributed by atoms with Crippen molar-refractivity contribution >= 4 is 125 Å². The molecule has 0 aliphatic rings. The molecule has 0 bridgehead atoms. The first-order chi connectivity index (χ1) is 64.3. The smallest absolute Gasteiger partial charge is 0.0698 e. The highest BCUT2D eigenvalue weighted by molar-refractivity contribution is 5.95. The van der Waals surface area contributed by atoms with Gasteiger partial charge in [0.25, 0.3) is 0 Å². The second-order valence-corrected chi connectivity index (χ2v) is 31.5. The van der Waals surface area contributed by atoms with Crippen molar-refractivity contribution in [2.24, 2.45) is 0 Å². The number of hydrogen-bond donors (Lipinski definition) is 0. The van der Waals surface area contributed by atoms with Crippen LogP contribution in [0, 0.1) is 0 Å². The van der Waals surface area contributed by atoms with E-state index in [4.69, 9.17) is 0 Å². The Kier molecular flexibility index (Phi) is 27.6. The van der Waals surface area contributed by atoms with Crippen molar-refractivity contribution in [2.75, 3.05) is 67.4 Å². The molecular formula is C122H102N8. The Morgan fingerprint density at radius 2 is 0.331 bits per heavy atom. The first-order valence-electron chi connectivity index (χ1n) is 44.1. The van der Waals surface area contributed by atoms with Crippen LogP contribution in [-0.4, -0.2) is 28.2 Å². The number of hydrogen-bond acceptors (Lipinski definition) is 8. The predicted molar refractivity (Wildman–Crippen MR) is 556 cm³/mol. The Balaban J connectivity index is 0.000000121. The maximum atomic E-state index is 2.32. The normalized spacial score (nSPS) is 10.6. The monoisotopic (exact) mass is 1680 g/mol. The van der Waals surface area contributed by atoms with E-state index in [-0.39, 0.29) is 0 Å². The summed E-state index contributed by atoms with van der Waals surface area (Å²) < 4.78 is 0. The number of nitrogens with zero attached hydrogens (tertiary/aromatic N) is 8. The minimum atomic E-state index is 1.13. The van der Waals surface area contributed by atoms with Gasteiger partial charge >= 0.3 is 0 Å². The van der Waals surface area contributed by atoms with Gasteiger partial charge in [-0.3, -0.25) is 0 Å². The van der Waals surface area contributed by atoms with E-state index in [0.717, 1.165) is 114 Å². The van der Waals surface area contributed by atoms with E-state index in [1.54, 1.807) is 0 Å². The average Bonchev–Trinajstić information content (AvgIpc) is 0.796. The zero-order valence-electron chi connectivity index (χ0n) is 73.5. The van der Waals surface area contributed by atoms with Gasteiger partial charge in [0.2, 0.25) is 0 Å². The molecule has 0 unspecified atom stereocenters. The molecule has 630 valence electrons. The molecule has 20 rings (SSSR count). The molecule has 0 N–H and O–H groups in total. The standard InChI is InChI=1S/3C31H26N2.C29H24N2/c1-32(29-22-12-11-21-28(29)25-15-5-2-6-16-25)30-23-13-14-24-31(30)33(26-17-7-3-8-18-26)27-19-9-4-10-20-27;1-32(29-21-13-16-26(24-29)25-14-5-2-6-15-25)30-22-11-12-23-31(30)33(27-17-7-3-8-18-27)28-19-9-4-10-20-28;1-32(27-23-21-26(22-24-27)25-13-5-2-6-14-25)30-19-11-12-20-31(30)33(28-15-7-3-8-16-28)29-17-9-4-10-18-29;1-30(27-21-20-23-12-8-9-13-24(23)22-27)28-18-10-11-19-29(28)31(25-14-4-2-5-15-25)26-16-6-3-7-17-26/h3*2-24H,1H3;2-22H,1H3. The van der Waals surface area contributed by atoms with Gasteiger partial charge in [0.05, 0.1) is 45.5 Å². The summed E-state index contributed by atoms with van der Waals surface area (Å²) in [7, 11) is 8.55. The lowest BCUT2D eigenvalue weighted by atomic mass is 10.0. The topological polar surface area (TPSA) is 25.9 Å². The summed E-state index contributed by atoms with van der Waals surface area (Å²) in [5.74, 6) is 0. The van der Waals surface area contributed by atoms with E-state index in [1.165, 1.54) is 44.2 Å². The third kappa shape index (κ3) is 20.2. The molecule has 0 aromatic heterocycles. The molecule has 0 heterocycles. The van der Waals surface area contributed by atoms with E-state index in [9.17, 15) is 0 Å². The second-order valence-electron chi connectivity index (χ2n) is 31.5.